The highest BCUT2D eigenvalue weighted by Gasteiger charge is 2.25. The number of carbonyl (C=O) groups is 1. The molecule has 0 saturated carbocycles. The molecule has 1 aromatic rings. The lowest BCUT2D eigenvalue weighted by Gasteiger charge is -2.11. The summed E-state index contributed by atoms with van der Waals surface area (Å²) in [5, 5.41) is 3.14. The number of benzene rings is 1. The molecular formula is C14H21N3O3S. The average molecular weight is 311 g/mol. The smallest absolute Gasteiger partial charge is 0.240 e. The first kappa shape index (κ1) is 15.9. The fraction of sp³-hybridized carbons (Fsp3) is 0.500. The summed E-state index contributed by atoms with van der Waals surface area (Å²) in [6.45, 7) is 4.06. The monoisotopic (exact) mass is 311 g/mol. The summed E-state index contributed by atoms with van der Waals surface area (Å²) in [6, 6.07) is 4.82. The topological polar surface area (TPSA) is 78.5 Å². The van der Waals surface area contributed by atoms with E-state index < -0.39 is 10.0 Å². The van der Waals surface area contributed by atoms with Gasteiger partial charge in [0.1, 0.15) is 0 Å². The number of nitrogens with zero attached hydrogens (tertiary/aromatic N) is 1. The zero-order valence-corrected chi connectivity index (χ0v) is 13.2. The third kappa shape index (κ3) is 3.61. The molecule has 0 aromatic heterocycles. The molecule has 116 valence electrons. The van der Waals surface area contributed by atoms with E-state index in [-0.39, 0.29) is 17.2 Å². The van der Waals surface area contributed by atoms with Gasteiger partial charge in [0.15, 0.2) is 0 Å². The number of likely N-dealkylation sites (N-methyl/N-ethyl adjacent to an activating group) is 1. The van der Waals surface area contributed by atoms with Gasteiger partial charge in [0, 0.05) is 19.3 Å². The molecule has 1 heterocycles. The molecule has 0 spiro atoms. The SMILES string of the molecule is CCNCCCNS(=O)(=O)c1ccc2c(c1)CC(=O)N2C. The molecule has 0 atom stereocenters. The van der Waals surface area contributed by atoms with Crippen LogP contribution in [0, 0.1) is 0 Å². The number of fused-ring (bicyclic) bond motifs is 1. The predicted molar refractivity (Wildman–Crippen MR) is 81.9 cm³/mol. The van der Waals surface area contributed by atoms with Gasteiger partial charge in [-0.05, 0) is 43.3 Å². The summed E-state index contributed by atoms with van der Waals surface area (Å²) in [5.41, 5.74) is 1.55. The molecule has 0 unspecified atom stereocenters. The van der Waals surface area contributed by atoms with Gasteiger partial charge >= 0.3 is 0 Å². The van der Waals surface area contributed by atoms with Crippen LogP contribution in [0.2, 0.25) is 0 Å². The maximum Gasteiger partial charge on any atom is 0.240 e. The number of hydrogen-bond acceptors (Lipinski definition) is 4. The average Bonchev–Trinajstić information content (AvgIpc) is 2.73. The Morgan fingerprint density at radius 2 is 2.05 bits per heavy atom. The van der Waals surface area contributed by atoms with Crippen LogP contribution in [0.15, 0.2) is 23.1 Å². The van der Waals surface area contributed by atoms with Crippen molar-refractivity contribution in [3.63, 3.8) is 0 Å². The standard InChI is InChI=1S/C14H21N3O3S/c1-3-15-7-4-8-16-21(19,20)12-5-6-13-11(9-12)10-14(18)17(13)2/h5-6,9,15-16H,3-4,7-8,10H2,1-2H3. The van der Waals surface area contributed by atoms with E-state index in [1.807, 2.05) is 6.92 Å². The molecule has 6 nitrogen and oxygen atoms in total. The second kappa shape index (κ2) is 6.55. The minimum Gasteiger partial charge on any atom is -0.317 e. The molecule has 1 amide bonds. The third-order valence-corrected chi connectivity index (χ3v) is 4.97. The van der Waals surface area contributed by atoms with Crippen LogP contribution in [0.25, 0.3) is 0 Å². The van der Waals surface area contributed by atoms with Gasteiger partial charge in [-0.3, -0.25) is 4.79 Å². The van der Waals surface area contributed by atoms with Crippen LogP contribution in [-0.4, -0.2) is 41.0 Å². The van der Waals surface area contributed by atoms with Crippen molar-refractivity contribution < 1.29 is 13.2 Å². The van der Waals surface area contributed by atoms with Crippen LogP contribution >= 0.6 is 0 Å². The van der Waals surface area contributed by atoms with E-state index in [9.17, 15) is 13.2 Å². The number of anilines is 1. The van der Waals surface area contributed by atoms with Gasteiger partial charge in [0.2, 0.25) is 15.9 Å². The fourth-order valence-corrected chi connectivity index (χ4v) is 3.42. The number of amides is 1. The van der Waals surface area contributed by atoms with Gasteiger partial charge in [-0.25, -0.2) is 13.1 Å². The lowest BCUT2D eigenvalue weighted by Crippen LogP contribution is -2.27. The van der Waals surface area contributed by atoms with Crippen molar-refractivity contribution in [2.45, 2.75) is 24.7 Å². The van der Waals surface area contributed by atoms with Crippen molar-refractivity contribution in [1.82, 2.24) is 10.0 Å². The van der Waals surface area contributed by atoms with Crippen LogP contribution in [0.4, 0.5) is 5.69 Å². The third-order valence-electron chi connectivity index (χ3n) is 3.51. The van der Waals surface area contributed by atoms with E-state index >= 15 is 0 Å². The van der Waals surface area contributed by atoms with Crippen LogP contribution < -0.4 is 14.9 Å². The number of rotatable bonds is 7. The first-order valence-electron chi connectivity index (χ1n) is 7.05. The van der Waals surface area contributed by atoms with Crippen molar-refractivity contribution >= 4 is 21.6 Å². The normalized spacial score (nSPS) is 14.6. The molecular weight excluding hydrogens is 290 g/mol. The first-order valence-corrected chi connectivity index (χ1v) is 8.54. The Bertz CT molecular complexity index is 628. The Balaban J connectivity index is 2.05. The molecule has 0 radical (unpaired) electrons. The van der Waals surface area contributed by atoms with Gasteiger partial charge < -0.3 is 10.2 Å². The largest absolute Gasteiger partial charge is 0.317 e. The number of carbonyl (C=O) groups excluding carboxylic acids is 1. The summed E-state index contributed by atoms with van der Waals surface area (Å²) in [5.74, 6) is -0.0156. The van der Waals surface area contributed by atoms with E-state index in [2.05, 4.69) is 10.0 Å². The van der Waals surface area contributed by atoms with Crippen molar-refractivity contribution in [3.05, 3.63) is 23.8 Å². The van der Waals surface area contributed by atoms with Crippen LogP contribution in [-0.2, 0) is 21.2 Å². The van der Waals surface area contributed by atoms with E-state index in [1.165, 1.54) is 0 Å². The molecule has 1 aliphatic heterocycles. The van der Waals surface area contributed by atoms with Crippen LogP contribution in [0.3, 0.4) is 0 Å². The lowest BCUT2D eigenvalue weighted by atomic mass is 10.2. The van der Waals surface area contributed by atoms with Gasteiger partial charge in [0.05, 0.1) is 11.3 Å². The Morgan fingerprint density at radius 3 is 2.76 bits per heavy atom. The summed E-state index contributed by atoms with van der Waals surface area (Å²) in [7, 11) is -1.82. The van der Waals surface area contributed by atoms with E-state index in [0.717, 1.165) is 30.8 Å². The number of sulfonamides is 1. The summed E-state index contributed by atoms with van der Waals surface area (Å²) in [4.78, 5) is 13.4. The van der Waals surface area contributed by atoms with E-state index in [4.69, 9.17) is 0 Å². The fourth-order valence-electron chi connectivity index (χ4n) is 2.29. The summed E-state index contributed by atoms with van der Waals surface area (Å²) in [6.07, 6.45) is 0.995. The summed E-state index contributed by atoms with van der Waals surface area (Å²) >= 11 is 0. The van der Waals surface area contributed by atoms with Gasteiger partial charge in [-0.1, -0.05) is 6.92 Å². The summed E-state index contributed by atoms with van der Waals surface area (Å²) < 4.78 is 27.0. The molecule has 0 bridgehead atoms. The van der Waals surface area contributed by atoms with Crippen molar-refractivity contribution in [2.24, 2.45) is 0 Å². The minimum absolute atomic E-state index is 0.0156. The molecule has 21 heavy (non-hydrogen) atoms. The molecule has 0 saturated heterocycles. The number of hydrogen-bond donors (Lipinski definition) is 2. The predicted octanol–water partition coefficient (Wildman–Crippen LogP) is 0.483. The maximum atomic E-state index is 12.2. The molecule has 7 heteroatoms. The molecule has 2 rings (SSSR count). The van der Waals surface area contributed by atoms with Crippen molar-refractivity contribution in [1.29, 1.82) is 0 Å². The molecule has 2 N–H and O–H groups in total. The first-order chi connectivity index (χ1) is 9.95. The Hall–Kier alpha value is -1.44. The van der Waals surface area contributed by atoms with Crippen molar-refractivity contribution in [3.8, 4) is 0 Å². The van der Waals surface area contributed by atoms with Gasteiger partial charge in [-0.15, -0.1) is 0 Å². The molecule has 1 aliphatic rings. The van der Waals surface area contributed by atoms with Crippen LogP contribution in [0.5, 0.6) is 0 Å². The Labute approximate surface area is 125 Å². The second-order valence-corrected chi connectivity index (χ2v) is 6.79. The van der Waals surface area contributed by atoms with Crippen molar-refractivity contribution in [2.75, 3.05) is 31.6 Å². The highest BCUT2D eigenvalue weighted by atomic mass is 32.2. The minimum atomic E-state index is -3.51. The molecule has 0 fully saturated rings. The maximum absolute atomic E-state index is 12.2. The highest BCUT2D eigenvalue weighted by molar-refractivity contribution is 7.89. The lowest BCUT2D eigenvalue weighted by molar-refractivity contribution is -0.117. The Kier molecular flexibility index (Phi) is 4.97. The van der Waals surface area contributed by atoms with Gasteiger partial charge in [0.25, 0.3) is 0 Å². The number of nitrogens with one attached hydrogen (secondary N) is 2. The quantitative estimate of drug-likeness (QED) is 0.718. The zero-order valence-electron chi connectivity index (χ0n) is 12.3. The van der Waals surface area contributed by atoms with Crippen LogP contribution in [0.1, 0.15) is 18.9 Å². The zero-order chi connectivity index (χ0) is 15.5. The highest BCUT2D eigenvalue weighted by Crippen LogP contribution is 2.29. The second-order valence-electron chi connectivity index (χ2n) is 5.02. The Morgan fingerprint density at radius 1 is 1.29 bits per heavy atom. The van der Waals surface area contributed by atoms with Gasteiger partial charge in [-0.2, -0.15) is 0 Å². The molecule has 1 aromatic carbocycles. The molecule has 0 aliphatic carbocycles. The van der Waals surface area contributed by atoms with E-state index in [1.54, 1.807) is 30.1 Å². The van der Waals surface area contributed by atoms with E-state index in [0.29, 0.717) is 6.54 Å².